The molecule has 0 N–H and O–H groups in total. The third-order valence-electron chi connectivity index (χ3n) is 2.41. The summed E-state index contributed by atoms with van der Waals surface area (Å²) in [6, 6.07) is 8.60. The van der Waals surface area contributed by atoms with Gasteiger partial charge in [-0.05, 0) is 43.2 Å². The highest BCUT2D eigenvalue weighted by atomic mass is 35.7. The van der Waals surface area contributed by atoms with Gasteiger partial charge in [0, 0.05) is 16.7 Å². The van der Waals surface area contributed by atoms with Gasteiger partial charge in [0.2, 0.25) is 5.88 Å². The van der Waals surface area contributed by atoms with Gasteiger partial charge in [-0.15, -0.1) is 0 Å². The largest absolute Gasteiger partial charge is 0.439 e. The predicted molar refractivity (Wildman–Crippen MR) is 73.3 cm³/mol. The number of benzene rings is 1. The van der Waals surface area contributed by atoms with Crippen molar-refractivity contribution in [1.29, 1.82) is 0 Å². The second-order valence-electron chi connectivity index (χ2n) is 4.20. The first-order valence-corrected chi connectivity index (χ1v) is 7.82. The van der Waals surface area contributed by atoms with Gasteiger partial charge in [0.1, 0.15) is 10.6 Å². The summed E-state index contributed by atoms with van der Waals surface area (Å²) in [5.41, 5.74) is 2.16. The molecule has 0 saturated carbocycles. The molecular formula is C13H12ClNO3S. The highest BCUT2D eigenvalue weighted by molar-refractivity contribution is 8.13. The molecule has 4 nitrogen and oxygen atoms in total. The zero-order valence-electron chi connectivity index (χ0n) is 10.4. The Hall–Kier alpha value is -1.59. The number of hydrogen-bond donors (Lipinski definition) is 0. The Balaban J connectivity index is 2.24. The van der Waals surface area contributed by atoms with Crippen molar-refractivity contribution >= 4 is 19.7 Å². The molecular weight excluding hydrogens is 286 g/mol. The number of ether oxygens (including phenoxy) is 1. The predicted octanol–water partition coefficient (Wildman–Crippen LogP) is 3.42. The summed E-state index contributed by atoms with van der Waals surface area (Å²) in [5, 5.41) is 0. The first-order chi connectivity index (χ1) is 8.84. The Bertz CT molecular complexity index is 676. The summed E-state index contributed by atoms with van der Waals surface area (Å²) in [5.74, 6) is 0.973. The summed E-state index contributed by atoms with van der Waals surface area (Å²) in [6.07, 6.45) is 1.17. The van der Waals surface area contributed by atoms with Crippen LogP contribution in [0.1, 0.15) is 11.1 Å². The fourth-order valence-corrected chi connectivity index (χ4v) is 2.37. The quantitative estimate of drug-likeness (QED) is 0.815. The van der Waals surface area contributed by atoms with Gasteiger partial charge in [0.15, 0.2) is 0 Å². The van der Waals surface area contributed by atoms with Gasteiger partial charge in [0.25, 0.3) is 9.05 Å². The lowest BCUT2D eigenvalue weighted by atomic mass is 10.1. The highest BCUT2D eigenvalue weighted by Gasteiger charge is 2.10. The molecule has 0 aliphatic carbocycles. The van der Waals surface area contributed by atoms with E-state index >= 15 is 0 Å². The van der Waals surface area contributed by atoms with Gasteiger partial charge in [-0.3, -0.25) is 0 Å². The average Bonchev–Trinajstić information content (AvgIpc) is 2.26. The summed E-state index contributed by atoms with van der Waals surface area (Å²) < 4.78 is 27.7. The van der Waals surface area contributed by atoms with E-state index in [4.69, 9.17) is 15.4 Å². The van der Waals surface area contributed by atoms with Crippen LogP contribution in [0.15, 0.2) is 41.4 Å². The normalized spacial score (nSPS) is 11.3. The van der Waals surface area contributed by atoms with E-state index in [1.165, 1.54) is 18.3 Å². The van der Waals surface area contributed by atoms with Crippen LogP contribution in [-0.2, 0) is 9.05 Å². The highest BCUT2D eigenvalue weighted by Crippen LogP contribution is 2.23. The van der Waals surface area contributed by atoms with Crippen LogP contribution < -0.4 is 4.74 Å². The maximum Gasteiger partial charge on any atom is 0.262 e. The number of pyridine rings is 1. The minimum Gasteiger partial charge on any atom is -0.439 e. The minimum absolute atomic E-state index is 0.0538. The van der Waals surface area contributed by atoms with Crippen molar-refractivity contribution < 1.29 is 13.2 Å². The molecule has 1 heterocycles. The van der Waals surface area contributed by atoms with E-state index in [1.807, 2.05) is 32.0 Å². The van der Waals surface area contributed by atoms with Crippen LogP contribution >= 0.6 is 10.7 Å². The van der Waals surface area contributed by atoms with E-state index in [2.05, 4.69) is 4.98 Å². The first-order valence-electron chi connectivity index (χ1n) is 5.51. The van der Waals surface area contributed by atoms with Crippen molar-refractivity contribution in [3.63, 3.8) is 0 Å². The van der Waals surface area contributed by atoms with E-state index in [0.717, 1.165) is 11.1 Å². The molecule has 2 rings (SSSR count). The molecule has 1 aromatic carbocycles. The molecule has 0 atom stereocenters. The van der Waals surface area contributed by atoms with Crippen molar-refractivity contribution in [2.75, 3.05) is 0 Å². The van der Waals surface area contributed by atoms with Crippen LogP contribution in [0.4, 0.5) is 0 Å². The van der Waals surface area contributed by atoms with Crippen LogP contribution in [0.3, 0.4) is 0 Å². The number of halogens is 1. The third-order valence-corrected chi connectivity index (χ3v) is 3.75. The van der Waals surface area contributed by atoms with Crippen LogP contribution in [-0.4, -0.2) is 13.4 Å². The minimum atomic E-state index is -3.75. The molecule has 0 unspecified atom stereocenters. The number of hydrogen-bond acceptors (Lipinski definition) is 4. The van der Waals surface area contributed by atoms with Crippen LogP contribution in [0.5, 0.6) is 11.6 Å². The summed E-state index contributed by atoms with van der Waals surface area (Å²) >= 11 is 0. The van der Waals surface area contributed by atoms with Crippen LogP contribution in [0.2, 0.25) is 0 Å². The SMILES string of the molecule is Cc1cc(C)cc(Oc2ccc(S(=O)(=O)Cl)cn2)c1. The van der Waals surface area contributed by atoms with Gasteiger partial charge in [-0.25, -0.2) is 13.4 Å². The van der Waals surface area contributed by atoms with E-state index in [0.29, 0.717) is 11.6 Å². The van der Waals surface area contributed by atoms with Crippen LogP contribution in [0.25, 0.3) is 0 Å². The lowest BCUT2D eigenvalue weighted by Crippen LogP contribution is -1.94. The Morgan fingerprint density at radius 3 is 2.21 bits per heavy atom. The van der Waals surface area contributed by atoms with Crippen molar-refractivity contribution in [3.8, 4) is 11.6 Å². The molecule has 0 aliphatic heterocycles. The summed E-state index contributed by atoms with van der Waals surface area (Å²) in [4.78, 5) is 3.86. The van der Waals surface area contributed by atoms with Gasteiger partial charge in [-0.2, -0.15) is 0 Å². The Kier molecular flexibility index (Phi) is 3.78. The lowest BCUT2D eigenvalue weighted by molar-refractivity contribution is 0.461. The fourth-order valence-electron chi connectivity index (χ4n) is 1.68. The van der Waals surface area contributed by atoms with Gasteiger partial charge in [-0.1, -0.05) is 6.07 Å². The van der Waals surface area contributed by atoms with E-state index in [9.17, 15) is 8.42 Å². The molecule has 1 aromatic heterocycles. The van der Waals surface area contributed by atoms with Crippen molar-refractivity contribution in [3.05, 3.63) is 47.7 Å². The Labute approximate surface area is 116 Å². The maximum absolute atomic E-state index is 11.1. The number of aryl methyl sites for hydroxylation is 2. The van der Waals surface area contributed by atoms with E-state index in [1.54, 1.807) is 0 Å². The smallest absolute Gasteiger partial charge is 0.262 e. The molecule has 0 fully saturated rings. The average molecular weight is 298 g/mol. The van der Waals surface area contributed by atoms with Crippen molar-refractivity contribution in [1.82, 2.24) is 4.98 Å². The zero-order valence-corrected chi connectivity index (χ0v) is 12.0. The summed E-state index contributed by atoms with van der Waals surface area (Å²) in [6.45, 7) is 3.94. The van der Waals surface area contributed by atoms with Gasteiger partial charge in [0.05, 0.1) is 6.20 Å². The molecule has 0 aliphatic rings. The number of aromatic nitrogens is 1. The first kappa shape index (κ1) is 13.8. The van der Waals surface area contributed by atoms with Crippen molar-refractivity contribution in [2.45, 2.75) is 18.7 Å². The second kappa shape index (κ2) is 5.19. The Morgan fingerprint density at radius 1 is 1.11 bits per heavy atom. The molecule has 6 heteroatoms. The molecule has 0 amide bonds. The number of rotatable bonds is 3. The second-order valence-corrected chi connectivity index (χ2v) is 6.76. The molecule has 0 radical (unpaired) electrons. The maximum atomic E-state index is 11.1. The third kappa shape index (κ3) is 3.68. The summed E-state index contributed by atoms with van der Waals surface area (Å²) in [7, 11) is 1.45. The monoisotopic (exact) mass is 297 g/mol. The zero-order chi connectivity index (χ0) is 14.0. The standard InChI is InChI=1S/C13H12ClNO3S/c1-9-5-10(2)7-11(6-9)18-13-4-3-12(8-15-13)19(14,16)17/h3-8H,1-2H3. The Morgan fingerprint density at radius 2 is 1.74 bits per heavy atom. The number of nitrogens with zero attached hydrogens (tertiary/aromatic N) is 1. The van der Waals surface area contributed by atoms with Gasteiger partial charge >= 0.3 is 0 Å². The van der Waals surface area contributed by atoms with E-state index < -0.39 is 9.05 Å². The molecule has 0 spiro atoms. The lowest BCUT2D eigenvalue weighted by Gasteiger charge is -2.07. The topological polar surface area (TPSA) is 56.3 Å². The molecule has 2 aromatic rings. The molecule has 0 saturated heterocycles. The van der Waals surface area contributed by atoms with Crippen LogP contribution in [0, 0.1) is 13.8 Å². The molecule has 100 valence electrons. The molecule has 19 heavy (non-hydrogen) atoms. The van der Waals surface area contributed by atoms with E-state index in [-0.39, 0.29) is 4.90 Å². The fraction of sp³-hybridized carbons (Fsp3) is 0.154. The van der Waals surface area contributed by atoms with Gasteiger partial charge < -0.3 is 4.74 Å². The van der Waals surface area contributed by atoms with Crippen molar-refractivity contribution in [2.24, 2.45) is 0 Å². The molecule has 0 bridgehead atoms.